The van der Waals surface area contributed by atoms with Crippen LogP contribution in [-0.2, 0) is 14.3 Å². The van der Waals surface area contributed by atoms with E-state index in [1.54, 1.807) is 18.2 Å². The number of rotatable bonds is 4. The topological polar surface area (TPSA) is 115 Å². The molecule has 2 aromatic rings. The largest absolute Gasteiger partial charge is 0.452 e. The van der Waals surface area contributed by atoms with Gasteiger partial charge in [0.15, 0.2) is 6.61 Å². The van der Waals surface area contributed by atoms with Gasteiger partial charge in [-0.05, 0) is 51.3 Å². The number of primary amides is 1. The smallest absolute Gasteiger partial charge is 0.338 e. The molecule has 1 atom stereocenters. The number of aryl methyl sites for hydroxylation is 2. The molecule has 8 nitrogen and oxygen atoms in total. The fraction of sp³-hybridized carbons (Fsp3) is 0.421. The van der Waals surface area contributed by atoms with Crippen LogP contribution in [0.2, 0.25) is 0 Å². The molecular formula is C19H22N4O4. The van der Waals surface area contributed by atoms with Crippen molar-refractivity contribution in [3.05, 3.63) is 35.2 Å². The molecule has 0 bridgehead atoms. The molecule has 1 fully saturated rings. The van der Waals surface area contributed by atoms with E-state index in [1.807, 2.05) is 13.8 Å². The van der Waals surface area contributed by atoms with Crippen molar-refractivity contribution in [2.45, 2.75) is 39.2 Å². The van der Waals surface area contributed by atoms with Gasteiger partial charge in [-0.15, -0.1) is 0 Å². The van der Waals surface area contributed by atoms with E-state index in [0.717, 1.165) is 24.2 Å². The van der Waals surface area contributed by atoms with Gasteiger partial charge >= 0.3 is 5.97 Å². The molecule has 3 rings (SSSR count). The molecule has 0 aliphatic carbocycles. The number of fused-ring (bicyclic) bond motifs is 1. The van der Waals surface area contributed by atoms with E-state index in [1.165, 1.54) is 4.90 Å². The highest BCUT2D eigenvalue weighted by molar-refractivity contribution is 5.95. The Balaban J connectivity index is 1.68. The summed E-state index contributed by atoms with van der Waals surface area (Å²) in [5.74, 6) is -1.58. The summed E-state index contributed by atoms with van der Waals surface area (Å²) in [7, 11) is 0. The molecular weight excluding hydrogens is 348 g/mol. The van der Waals surface area contributed by atoms with Crippen molar-refractivity contribution < 1.29 is 19.1 Å². The lowest BCUT2D eigenvalue weighted by atomic mass is 10.0. The molecule has 2 heterocycles. The molecule has 0 spiro atoms. The van der Waals surface area contributed by atoms with Crippen LogP contribution in [0.5, 0.6) is 0 Å². The summed E-state index contributed by atoms with van der Waals surface area (Å²) in [4.78, 5) is 46.4. The number of ether oxygens (including phenoxy) is 1. The van der Waals surface area contributed by atoms with Gasteiger partial charge in [0.2, 0.25) is 5.91 Å². The monoisotopic (exact) mass is 370 g/mol. The van der Waals surface area contributed by atoms with Gasteiger partial charge in [0.1, 0.15) is 6.04 Å². The molecule has 1 aliphatic heterocycles. The Morgan fingerprint density at radius 2 is 1.85 bits per heavy atom. The summed E-state index contributed by atoms with van der Waals surface area (Å²) < 4.78 is 5.14. The summed E-state index contributed by atoms with van der Waals surface area (Å²) in [6.07, 6.45) is 2.18. The number of likely N-dealkylation sites (tertiary alicyclic amines) is 1. The molecule has 2 N–H and O–H groups in total. The SMILES string of the molecule is Cc1nc2ccc(C(=O)OCC(=O)N3CCCC[C@@H]3C(N)=O)cc2nc1C. The third kappa shape index (κ3) is 4.05. The van der Waals surface area contributed by atoms with Crippen molar-refractivity contribution in [1.29, 1.82) is 0 Å². The van der Waals surface area contributed by atoms with Gasteiger partial charge in [-0.1, -0.05) is 0 Å². The summed E-state index contributed by atoms with van der Waals surface area (Å²) in [6, 6.07) is 4.24. The zero-order valence-corrected chi connectivity index (χ0v) is 15.4. The van der Waals surface area contributed by atoms with E-state index in [-0.39, 0.29) is 5.56 Å². The molecule has 0 radical (unpaired) electrons. The standard InChI is InChI=1S/C19H22N4O4/c1-11-12(2)22-15-9-13(6-7-14(15)21-11)19(26)27-10-17(24)23-8-4-3-5-16(23)18(20)25/h6-7,9,16H,3-5,8,10H2,1-2H3,(H2,20,25)/t16-/m1/s1. The molecule has 0 unspecified atom stereocenters. The van der Waals surface area contributed by atoms with E-state index in [2.05, 4.69) is 9.97 Å². The lowest BCUT2D eigenvalue weighted by Gasteiger charge is -2.33. The van der Waals surface area contributed by atoms with Crippen LogP contribution in [0.15, 0.2) is 18.2 Å². The minimum atomic E-state index is -0.632. The number of esters is 1. The molecule has 2 amide bonds. The molecule has 27 heavy (non-hydrogen) atoms. The van der Waals surface area contributed by atoms with E-state index >= 15 is 0 Å². The number of aromatic nitrogens is 2. The van der Waals surface area contributed by atoms with Crippen LogP contribution in [0.4, 0.5) is 0 Å². The van der Waals surface area contributed by atoms with Gasteiger partial charge in [0.05, 0.1) is 28.0 Å². The Kier molecular flexibility index (Phi) is 5.34. The summed E-state index contributed by atoms with van der Waals surface area (Å²) in [6.45, 7) is 3.72. The minimum Gasteiger partial charge on any atom is -0.452 e. The van der Waals surface area contributed by atoms with Crippen LogP contribution in [-0.4, -0.2) is 51.8 Å². The second-order valence-electron chi connectivity index (χ2n) is 6.68. The summed E-state index contributed by atoms with van der Waals surface area (Å²) in [5.41, 5.74) is 8.54. The zero-order chi connectivity index (χ0) is 19.6. The molecule has 1 aromatic carbocycles. The molecule has 8 heteroatoms. The molecule has 1 aromatic heterocycles. The lowest BCUT2D eigenvalue weighted by Crippen LogP contribution is -2.51. The number of hydrogen-bond acceptors (Lipinski definition) is 6. The number of hydrogen-bond donors (Lipinski definition) is 1. The fourth-order valence-corrected chi connectivity index (χ4v) is 3.18. The summed E-state index contributed by atoms with van der Waals surface area (Å²) >= 11 is 0. The van der Waals surface area contributed by atoms with Gasteiger partial charge in [0, 0.05) is 6.54 Å². The Labute approximate surface area is 156 Å². The molecule has 1 saturated heterocycles. The zero-order valence-electron chi connectivity index (χ0n) is 15.4. The van der Waals surface area contributed by atoms with Gasteiger partial charge in [0.25, 0.3) is 5.91 Å². The number of amides is 2. The first kappa shape index (κ1) is 18.8. The predicted molar refractivity (Wildman–Crippen MR) is 97.8 cm³/mol. The van der Waals surface area contributed by atoms with E-state index < -0.39 is 30.4 Å². The van der Waals surface area contributed by atoms with E-state index in [9.17, 15) is 14.4 Å². The molecule has 142 valence electrons. The average molecular weight is 370 g/mol. The van der Waals surface area contributed by atoms with Crippen LogP contribution in [0.3, 0.4) is 0 Å². The molecule has 0 saturated carbocycles. The normalized spacial score (nSPS) is 17.0. The number of nitrogens with two attached hydrogens (primary N) is 1. The number of carbonyl (C=O) groups is 3. The van der Waals surface area contributed by atoms with Crippen LogP contribution >= 0.6 is 0 Å². The van der Waals surface area contributed by atoms with E-state index in [4.69, 9.17) is 10.5 Å². The predicted octanol–water partition coefficient (Wildman–Crippen LogP) is 1.27. The first-order valence-electron chi connectivity index (χ1n) is 8.87. The second kappa shape index (κ2) is 7.69. The van der Waals surface area contributed by atoms with Crippen molar-refractivity contribution in [2.24, 2.45) is 5.73 Å². The third-order valence-corrected chi connectivity index (χ3v) is 4.79. The van der Waals surface area contributed by atoms with Gasteiger partial charge < -0.3 is 15.4 Å². The first-order chi connectivity index (χ1) is 12.9. The van der Waals surface area contributed by atoms with Crippen LogP contribution < -0.4 is 5.73 Å². The Morgan fingerprint density at radius 1 is 1.15 bits per heavy atom. The highest BCUT2D eigenvalue weighted by Crippen LogP contribution is 2.18. The first-order valence-corrected chi connectivity index (χ1v) is 8.87. The van der Waals surface area contributed by atoms with Gasteiger partial charge in [-0.3, -0.25) is 9.59 Å². The Bertz CT molecular complexity index is 912. The van der Waals surface area contributed by atoms with Crippen molar-refractivity contribution in [2.75, 3.05) is 13.2 Å². The fourth-order valence-electron chi connectivity index (χ4n) is 3.18. The number of benzene rings is 1. The van der Waals surface area contributed by atoms with Crippen molar-refractivity contribution >= 4 is 28.8 Å². The van der Waals surface area contributed by atoms with Crippen LogP contribution in [0, 0.1) is 13.8 Å². The van der Waals surface area contributed by atoms with Crippen molar-refractivity contribution in [3.63, 3.8) is 0 Å². The summed E-state index contributed by atoms with van der Waals surface area (Å²) in [5, 5.41) is 0. The van der Waals surface area contributed by atoms with Crippen molar-refractivity contribution in [3.8, 4) is 0 Å². The van der Waals surface area contributed by atoms with Crippen LogP contribution in [0.1, 0.15) is 41.0 Å². The maximum Gasteiger partial charge on any atom is 0.338 e. The number of carbonyl (C=O) groups excluding carboxylic acids is 3. The average Bonchev–Trinajstić information content (AvgIpc) is 2.66. The second-order valence-corrected chi connectivity index (χ2v) is 6.68. The van der Waals surface area contributed by atoms with E-state index in [0.29, 0.717) is 24.0 Å². The van der Waals surface area contributed by atoms with Crippen LogP contribution in [0.25, 0.3) is 11.0 Å². The van der Waals surface area contributed by atoms with Crippen molar-refractivity contribution in [1.82, 2.24) is 14.9 Å². The highest BCUT2D eigenvalue weighted by atomic mass is 16.5. The van der Waals surface area contributed by atoms with Gasteiger partial charge in [-0.25, -0.2) is 14.8 Å². The maximum absolute atomic E-state index is 12.4. The van der Waals surface area contributed by atoms with Gasteiger partial charge in [-0.2, -0.15) is 0 Å². The maximum atomic E-state index is 12.4. The third-order valence-electron chi connectivity index (χ3n) is 4.79. The number of nitrogens with zero attached hydrogens (tertiary/aromatic N) is 3. The Morgan fingerprint density at radius 3 is 2.56 bits per heavy atom. The molecule has 1 aliphatic rings. The Hall–Kier alpha value is -3.03. The number of piperidine rings is 1. The minimum absolute atomic E-state index is 0.290. The highest BCUT2D eigenvalue weighted by Gasteiger charge is 2.31. The lowest BCUT2D eigenvalue weighted by molar-refractivity contribution is -0.143. The quantitative estimate of drug-likeness (QED) is 0.810.